The molecule has 1 aliphatic heterocycles. The third kappa shape index (κ3) is 5.95. The van der Waals surface area contributed by atoms with E-state index in [2.05, 4.69) is 5.32 Å². The topological polar surface area (TPSA) is 67.9 Å². The molecule has 9 heteroatoms. The lowest BCUT2D eigenvalue weighted by molar-refractivity contribution is -0.123. The lowest BCUT2D eigenvalue weighted by Crippen LogP contribution is -2.30. The number of nitrogens with one attached hydrogen (secondary N) is 1. The average Bonchev–Trinajstić information content (AvgIpc) is 3.07. The van der Waals surface area contributed by atoms with Gasteiger partial charge in [0.15, 0.2) is 11.5 Å². The summed E-state index contributed by atoms with van der Waals surface area (Å²) in [4.78, 5) is 26.6. The van der Waals surface area contributed by atoms with E-state index >= 15 is 0 Å². The summed E-state index contributed by atoms with van der Waals surface area (Å²) in [7, 11) is 0. The highest BCUT2D eigenvalue weighted by Crippen LogP contribution is 2.38. The molecule has 1 fully saturated rings. The number of carbonyl (C=O) groups is 2. The lowest BCUT2D eigenvalue weighted by atomic mass is 10.1. The first-order valence-corrected chi connectivity index (χ1v) is 12.3. The zero-order valence-electron chi connectivity index (χ0n) is 19.6. The van der Waals surface area contributed by atoms with Crippen molar-refractivity contribution in [2.24, 2.45) is 0 Å². The van der Waals surface area contributed by atoms with Crippen molar-refractivity contribution in [3.05, 3.63) is 97.6 Å². The smallest absolute Gasteiger partial charge is 0.329 e. The minimum absolute atomic E-state index is 0.146. The molecule has 0 aliphatic carbocycles. The molecule has 0 bridgehead atoms. The van der Waals surface area contributed by atoms with E-state index in [0.717, 1.165) is 16.7 Å². The van der Waals surface area contributed by atoms with Crippen LogP contribution in [0.4, 0.5) is 4.79 Å². The van der Waals surface area contributed by atoms with Crippen LogP contribution in [0.3, 0.4) is 0 Å². The second-order valence-electron chi connectivity index (χ2n) is 8.16. The Bertz CT molecular complexity index is 1360. The quantitative estimate of drug-likeness (QED) is 0.244. The average molecular weight is 546 g/mol. The maximum Gasteiger partial charge on any atom is 0.329 e. The maximum atomic E-state index is 13.0. The Morgan fingerprint density at radius 1 is 0.972 bits per heavy atom. The minimum Gasteiger partial charge on any atom is -0.490 e. The van der Waals surface area contributed by atoms with Gasteiger partial charge in [0.1, 0.15) is 12.3 Å². The van der Waals surface area contributed by atoms with Gasteiger partial charge >= 0.3 is 6.03 Å². The Labute approximate surface area is 224 Å². The molecule has 6 nitrogen and oxygen atoms in total. The van der Waals surface area contributed by atoms with Gasteiger partial charge in [-0.1, -0.05) is 70.7 Å². The molecular weight excluding hydrogens is 523 g/mol. The Morgan fingerprint density at radius 2 is 1.78 bits per heavy atom. The third-order valence-corrected chi connectivity index (χ3v) is 6.28. The van der Waals surface area contributed by atoms with Crippen LogP contribution in [0, 0.1) is 6.92 Å². The van der Waals surface area contributed by atoms with E-state index in [1.807, 2.05) is 38.1 Å². The van der Waals surface area contributed by atoms with Gasteiger partial charge in [0.25, 0.3) is 5.91 Å². The van der Waals surface area contributed by atoms with E-state index in [1.165, 1.54) is 4.90 Å². The van der Waals surface area contributed by atoms with Crippen LogP contribution >= 0.6 is 34.8 Å². The van der Waals surface area contributed by atoms with Crippen molar-refractivity contribution in [2.75, 3.05) is 6.61 Å². The molecule has 0 unspecified atom stereocenters. The van der Waals surface area contributed by atoms with Gasteiger partial charge < -0.3 is 14.8 Å². The summed E-state index contributed by atoms with van der Waals surface area (Å²) in [6.45, 7) is 4.49. The standard InChI is InChI=1S/C27H23Cl3N2O4/c1-3-35-24-12-18(10-22(30)25(24)36-15-19-7-8-20(28)13-21(19)29)11-23-26(33)32(27(34)31-23)14-17-6-4-5-16(2)9-17/h4-13H,3,14-15H2,1-2H3,(H,31,34)/b23-11+. The number of urea groups is 1. The zero-order valence-corrected chi connectivity index (χ0v) is 21.9. The van der Waals surface area contributed by atoms with Crippen LogP contribution in [0.15, 0.2) is 60.3 Å². The van der Waals surface area contributed by atoms with Gasteiger partial charge in [-0.2, -0.15) is 0 Å². The molecule has 0 saturated carbocycles. The largest absolute Gasteiger partial charge is 0.490 e. The summed E-state index contributed by atoms with van der Waals surface area (Å²) >= 11 is 18.7. The Kier molecular flexibility index (Phi) is 8.09. The first-order chi connectivity index (χ1) is 17.2. The highest BCUT2D eigenvalue weighted by atomic mass is 35.5. The van der Waals surface area contributed by atoms with Crippen molar-refractivity contribution in [1.29, 1.82) is 0 Å². The summed E-state index contributed by atoms with van der Waals surface area (Å²) in [5.74, 6) is 0.318. The number of ether oxygens (including phenoxy) is 2. The molecule has 0 atom stereocenters. The Balaban J connectivity index is 1.56. The minimum atomic E-state index is -0.483. The molecule has 186 valence electrons. The monoisotopic (exact) mass is 544 g/mol. The highest BCUT2D eigenvalue weighted by Gasteiger charge is 2.33. The molecule has 36 heavy (non-hydrogen) atoms. The number of carbonyl (C=O) groups excluding carboxylic acids is 2. The number of rotatable bonds is 8. The second kappa shape index (κ2) is 11.2. The first kappa shape index (κ1) is 25.9. The summed E-state index contributed by atoms with van der Waals surface area (Å²) < 4.78 is 11.7. The molecule has 3 aromatic rings. The van der Waals surface area contributed by atoms with Gasteiger partial charge in [0.2, 0.25) is 0 Å². The fourth-order valence-electron chi connectivity index (χ4n) is 3.74. The van der Waals surface area contributed by atoms with Crippen molar-refractivity contribution in [3.63, 3.8) is 0 Å². The zero-order chi connectivity index (χ0) is 25.8. The van der Waals surface area contributed by atoms with Gasteiger partial charge in [0.05, 0.1) is 18.2 Å². The summed E-state index contributed by atoms with van der Waals surface area (Å²) in [6, 6.07) is 15.6. The number of nitrogens with zero attached hydrogens (tertiary/aromatic N) is 1. The van der Waals surface area contributed by atoms with Gasteiger partial charge in [-0.3, -0.25) is 9.69 Å². The van der Waals surface area contributed by atoms with Crippen LogP contribution in [-0.4, -0.2) is 23.4 Å². The van der Waals surface area contributed by atoms with Crippen LogP contribution < -0.4 is 14.8 Å². The lowest BCUT2D eigenvalue weighted by Gasteiger charge is -2.15. The Hall–Kier alpha value is -3.19. The number of aryl methyl sites for hydroxylation is 1. The molecule has 0 aromatic heterocycles. The Morgan fingerprint density at radius 3 is 2.50 bits per heavy atom. The van der Waals surface area contributed by atoms with Crippen LogP contribution in [0.2, 0.25) is 15.1 Å². The van der Waals surface area contributed by atoms with Gasteiger partial charge in [-0.05, 0) is 55.3 Å². The second-order valence-corrected chi connectivity index (χ2v) is 9.41. The van der Waals surface area contributed by atoms with E-state index in [0.29, 0.717) is 33.7 Å². The molecule has 3 amide bonds. The molecule has 1 N–H and O–H groups in total. The van der Waals surface area contributed by atoms with E-state index in [4.69, 9.17) is 44.3 Å². The molecule has 4 rings (SSSR count). The molecule has 0 radical (unpaired) electrons. The highest BCUT2D eigenvalue weighted by molar-refractivity contribution is 6.35. The fourth-order valence-corrected chi connectivity index (χ4v) is 4.47. The molecule has 1 heterocycles. The number of hydrogen-bond acceptors (Lipinski definition) is 4. The van der Waals surface area contributed by atoms with E-state index in [-0.39, 0.29) is 23.9 Å². The fraction of sp³-hybridized carbons (Fsp3) is 0.185. The maximum absolute atomic E-state index is 13.0. The number of hydrogen-bond donors (Lipinski definition) is 1. The van der Waals surface area contributed by atoms with Crippen LogP contribution in [0.5, 0.6) is 11.5 Å². The van der Waals surface area contributed by atoms with Crippen molar-refractivity contribution in [3.8, 4) is 11.5 Å². The van der Waals surface area contributed by atoms with Gasteiger partial charge in [-0.25, -0.2) is 4.79 Å². The molecule has 1 saturated heterocycles. The summed E-state index contributed by atoms with van der Waals surface area (Å²) in [6.07, 6.45) is 1.56. The normalized spacial score (nSPS) is 14.4. The number of imide groups is 1. The SMILES string of the molecule is CCOc1cc(/C=C2/NC(=O)N(Cc3cccc(C)c3)C2=O)cc(Cl)c1OCc1ccc(Cl)cc1Cl. The molecule has 0 spiro atoms. The predicted octanol–water partition coefficient (Wildman–Crippen LogP) is 7.03. The predicted molar refractivity (Wildman–Crippen MR) is 142 cm³/mol. The van der Waals surface area contributed by atoms with E-state index < -0.39 is 11.9 Å². The number of benzene rings is 3. The van der Waals surface area contributed by atoms with E-state index in [1.54, 1.807) is 36.4 Å². The number of halogens is 3. The molecular formula is C27H23Cl3N2O4. The van der Waals surface area contributed by atoms with Crippen LogP contribution in [0.1, 0.15) is 29.2 Å². The third-order valence-electron chi connectivity index (χ3n) is 5.42. The van der Waals surface area contributed by atoms with Crippen molar-refractivity contribution in [1.82, 2.24) is 10.2 Å². The summed E-state index contributed by atoms with van der Waals surface area (Å²) in [5, 5.41) is 3.93. The number of amides is 3. The van der Waals surface area contributed by atoms with Crippen LogP contribution in [-0.2, 0) is 17.9 Å². The van der Waals surface area contributed by atoms with Crippen molar-refractivity contribution >= 4 is 52.8 Å². The summed E-state index contributed by atoms with van der Waals surface area (Å²) in [5.41, 5.74) is 3.37. The van der Waals surface area contributed by atoms with Crippen molar-refractivity contribution in [2.45, 2.75) is 27.0 Å². The van der Waals surface area contributed by atoms with Crippen LogP contribution in [0.25, 0.3) is 6.08 Å². The van der Waals surface area contributed by atoms with Gasteiger partial charge in [-0.15, -0.1) is 0 Å². The molecule has 3 aromatic carbocycles. The first-order valence-electron chi connectivity index (χ1n) is 11.2. The molecule has 1 aliphatic rings. The van der Waals surface area contributed by atoms with Crippen molar-refractivity contribution < 1.29 is 19.1 Å². The van der Waals surface area contributed by atoms with Gasteiger partial charge in [0, 0.05) is 15.6 Å². The van der Waals surface area contributed by atoms with E-state index in [9.17, 15) is 9.59 Å².